The van der Waals surface area contributed by atoms with Crippen LogP contribution >= 0.6 is 0 Å². The molecule has 16 heavy (non-hydrogen) atoms. The van der Waals surface area contributed by atoms with Gasteiger partial charge < -0.3 is 14.3 Å². The van der Waals surface area contributed by atoms with Crippen molar-refractivity contribution in [1.29, 1.82) is 0 Å². The first kappa shape index (κ1) is 15.9. The highest BCUT2D eigenvalue weighted by atomic mass is 16.5. The summed E-state index contributed by atoms with van der Waals surface area (Å²) < 4.78 is 6.51. The van der Waals surface area contributed by atoms with Gasteiger partial charge in [-0.1, -0.05) is 32.6 Å². The average molecular weight is 232 g/mol. The van der Waals surface area contributed by atoms with E-state index in [4.69, 9.17) is 9.84 Å². The first-order valence-corrected chi connectivity index (χ1v) is 6.63. The lowest BCUT2D eigenvalue weighted by atomic mass is 10.2. The summed E-state index contributed by atoms with van der Waals surface area (Å²) in [6.45, 7) is 5.13. The van der Waals surface area contributed by atoms with E-state index < -0.39 is 0 Å². The van der Waals surface area contributed by atoms with Crippen molar-refractivity contribution in [3.8, 4) is 0 Å². The lowest BCUT2D eigenvalue weighted by Crippen LogP contribution is -2.42. The topological polar surface area (TPSA) is 29.5 Å². The Kier molecular flexibility index (Phi) is 9.99. The van der Waals surface area contributed by atoms with Gasteiger partial charge in [-0.15, -0.1) is 0 Å². The number of aliphatic hydroxyl groups is 1. The molecule has 0 amide bonds. The van der Waals surface area contributed by atoms with E-state index in [1.54, 1.807) is 0 Å². The first-order chi connectivity index (χ1) is 7.62. The maximum absolute atomic E-state index is 8.77. The van der Waals surface area contributed by atoms with Crippen LogP contribution in [0.5, 0.6) is 0 Å². The Balaban J connectivity index is 3.29. The molecule has 0 fully saturated rings. The number of hydrogen-bond acceptors (Lipinski definition) is 2. The van der Waals surface area contributed by atoms with Gasteiger partial charge in [0.1, 0.15) is 0 Å². The molecule has 0 aromatic rings. The number of rotatable bonds is 11. The SMILES string of the molecule is CCCCCCCOC[N+](C)(C)CCCO. The fourth-order valence-corrected chi connectivity index (χ4v) is 1.68. The molecule has 0 aromatic carbocycles. The second-order valence-electron chi connectivity index (χ2n) is 5.19. The molecule has 0 aromatic heterocycles. The smallest absolute Gasteiger partial charge is 0.182 e. The van der Waals surface area contributed by atoms with Gasteiger partial charge in [-0.25, -0.2) is 0 Å². The van der Waals surface area contributed by atoms with Gasteiger partial charge in [0.05, 0.1) is 27.2 Å². The van der Waals surface area contributed by atoms with E-state index >= 15 is 0 Å². The van der Waals surface area contributed by atoms with Crippen molar-refractivity contribution < 1.29 is 14.3 Å². The van der Waals surface area contributed by atoms with Gasteiger partial charge in [0.25, 0.3) is 0 Å². The van der Waals surface area contributed by atoms with E-state index in [2.05, 4.69) is 21.0 Å². The van der Waals surface area contributed by atoms with Crippen molar-refractivity contribution in [2.24, 2.45) is 0 Å². The van der Waals surface area contributed by atoms with Crippen molar-refractivity contribution in [3.63, 3.8) is 0 Å². The third-order valence-electron chi connectivity index (χ3n) is 2.75. The minimum absolute atomic E-state index is 0.276. The third kappa shape index (κ3) is 10.4. The molecule has 0 saturated carbocycles. The summed E-state index contributed by atoms with van der Waals surface area (Å²) in [5, 5.41) is 8.77. The zero-order valence-corrected chi connectivity index (χ0v) is 11.4. The van der Waals surface area contributed by atoms with Gasteiger partial charge in [0.2, 0.25) is 0 Å². The summed E-state index contributed by atoms with van der Waals surface area (Å²) in [6, 6.07) is 0. The number of aliphatic hydroxyl groups excluding tert-OH is 1. The molecule has 0 spiro atoms. The van der Waals surface area contributed by atoms with Gasteiger partial charge in [0.15, 0.2) is 6.73 Å². The number of unbranched alkanes of at least 4 members (excludes halogenated alkanes) is 4. The summed E-state index contributed by atoms with van der Waals surface area (Å²) >= 11 is 0. The molecule has 0 saturated heterocycles. The van der Waals surface area contributed by atoms with Crippen LogP contribution in [-0.2, 0) is 4.74 Å². The highest BCUT2D eigenvalue weighted by Gasteiger charge is 2.13. The van der Waals surface area contributed by atoms with E-state index in [-0.39, 0.29) is 6.61 Å². The second-order valence-corrected chi connectivity index (χ2v) is 5.19. The maximum Gasteiger partial charge on any atom is 0.182 e. The molecular weight excluding hydrogens is 202 g/mol. The van der Waals surface area contributed by atoms with Crippen molar-refractivity contribution in [2.75, 3.05) is 40.6 Å². The Bertz CT molecular complexity index is 149. The molecule has 0 atom stereocenters. The van der Waals surface area contributed by atoms with E-state index in [0.717, 1.165) is 30.8 Å². The van der Waals surface area contributed by atoms with Crippen LogP contribution in [0.3, 0.4) is 0 Å². The van der Waals surface area contributed by atoms with Gasteiger partial charge in [-0.2, -0.15) is 0 Å². The van der Waals surface area contributed by atoms with Crippen LogP contribution < -0.4 is 0 Å². The lowest BCUT2D eigenvalue weighted by molar-refractivity contribution is -0.909. The molecule has 0 unspecified atom stereocenters. The third-order valence-corrected chi connectivity index (χ3v) is 2.75. The van der Waals surface area contributed by atoms with Crippen LogP contribution in [0.15, 0.2) is 0 Å². The fourth-order valence-electron chi connectivity index (χ4n) is 1.68. The van der Waals surface area contributed by atoms with Crippen molar-refractivity contribution in [2.45, 2.75) is 45.4 Å². The van der Waals surface area contributed by atoms with Gasteiger partial charge in [-0.3, -0.25) is 0 Å². The van der Waals surface area contributed by atoms with Crippen LogP contribution in [0, 0.1) is 0 Å². The largest absolute Gasteiger partial charge is 0.396 e. The summed E-state index contributed by atoms with van der Waals surface area (Å²) in [6.07, 6.45) is 7.30. The minimum atomic E-state index is 0.276. The van der Waals surface area contributed by atoms with E-state index in [1.165, 1.54) is 32.1 Å². The highest BCUT2D eigenvalue weighted by molar-refractivity contribution is 4.41. The Morgan fingerprint density at radius 3 is 2.31 bits per heavy atom. The molecule has 3 heteroatoms. The van der Waals surface area contributed by atoms with Gasteiger partial charge in [0, 0.05) is 13.0 Å². The normalized spacial score (nSPS) is 12.0. The highest BCUT2D eigenvalue weighted by Crippen LogP contribution is 2.04. The van der Waals surface area contributed by atoms with Crippen LogP contribution in [0.25, 0.3) is 0 Å². The summed E-state index contributed by atoms with van der Waals surface area (Å²) in [5.41, 5.74) is 0. The number of nitrogens with zero attached hydrogens (tertiary/aromatic N) is 1. The van der Waals surface area contributed by atoms with Crippen molar-refractivity contribution >= 4 is 0 Å². The first-order valence-electron chi connectivity index (χ1n) is 6.63. The predicted octanol–water partition coefficient (Wildman–Crippen LogP) is 2.39. The molecule has 3 nitrogen and oxygen atoms in total. The quantitative estimate of drug-likeness (QED) is 0.337. The number of ether oxygens (including phenoxy) is 1. The van der Waals surface area contributed by atoms with E-state index in [1.807, 2.05) is 0 Å². The summed E-state index contributed by atoms with van der Waals surface area (Å²) in [5.74, 6) is 0. The number of hydrogen-bond donors (Lipinski definition) is 1. The predicted molar refractivity (Wildman–Crippen MR) is 68.3 cm³/mol. The fraction of sp³-hybridized carbons (Fsp3) is 1.00. The van der Waals surface area contributed by atoms with Crippen molar-refractivity contribution in [1.82, 2.24) is 0 Å². The molecule has 0 bridgehead atoms. The standard InChI is InChI=1S/C13H30NO2/c1-4-5-6-7-8-12-16-13-14(2,3)10-9-11-15/h15H,4-13H2,1-3H3/q+1. The minimum Gasteiger partial charge on any atom is -0.396 e. The van der Waals surface area contributed by atoms with Crippen LogP contribution in [-0.4, -0.2) is 50.2 Å². The maximum atomic E-state index is 8.77. The Morgan fingerprint density at radius 2 is 1.69 bits per heavy atom. The van der Waals surface area contributed by atoms with Crippen LogP contribution in [0.2, 0.25) is 0 Å². The molecule has 0 radical (unpaired) electrons. The lowest BCUT2D eigenvalue weighted by Gasteiger charge is -2.28. The van der Waals surface area contributed by atoms with Crippen molar-refractivity contribution in [3.05, 3.63) is 0 Å². The summed E-state index contributed by atoms with van der Waals surface area (Å²) in [4.78, 5) is 0. The molecule has 1 N–H and O–H groups in total. The van der Waals surface area contributed by atoms with Gasteiger partial charge >= 0.3 is 0 Å². The molecule has 0 aliphatic carbocycles. The van der Waals surface area contributed by atoms with Crippen LogP contribution in [0.1, 0.15) is 45.4 Å². The van der Waals surface area contributed by atoms with E-state index in [9.17, 15) is 0 Å². The molecule has 0 aliphatic heterocycles. The molecule has 0 heterocycles. The van der Waals surface area contributed by atoms with Gasteiger partial charge in [-0.05, 0) is 6.42 Å². The Morgan fingerprint density at radius 1 is 1.00 bits per heavy atom. The zero-order valence-electron chi connectivity index (χ0n) is 11.4. The number of quaternary nitrogens is 1. The van der Waals surface area contributed by atoms with E-state index in [0.29, 0.717) is 0 Å². The molecule has 98 valence electrons. The second kappa shape index (κ2) is 10.1. The average Bonchev–Trinajstić information content (AvgIpc) is 2.25. The molecule has 0 aliphatic rings. The Labute approximate surface area is 101 Å². The molecular formula is C13H30NO2+. The van der Waals surface area contributed by atoms with Crippen LogP contribution in [0.4, 0.5) is 0 Å². The Hall–Kier alpha value is -0.120. The molecule has 0 rings (SSSR count). The monoisotopic (exact) mass is 232 g/mol. The summed E-state index contributed by atoms with van der Waals surface area (Å²) in [7, 11) is 4.29. The zero-order chi connectivity index (χ0) is 12.3.